The highest BCUT2D eigenvalue weighted by molar-refractivity contribution is 5.90. The average molecular weight is 303 g/mol. The van der Waals surface area contributed by atoms with Crippen LogP contribution in [0.15, 0.2) is 41.6 Å². The number of benzene rings is 1. The number of hydrazone groups is 1. The Morgan fingerprint density at radius 2 is 2.27 bits per heavy atom. The number of carbonyl (C=O) groups excluding carboxylic acids is 2. The topological polar surface area (TPSA) is 126 Å². The standard InChI is InChI=1S/C13H13N5O4/c1-8-11(13(20)17-15-8)6-12(19)16-14-7-9-3-2-4-10(5-9)18(21)22/h2-5,7,11,15H,1,6H2,(H,16,19)(H,17,20). The first-order valence-electron chi connectivity index (χ1n) is 6.28. The second kappa shape index (κ2) is 6.48. The summed E-state index contributed by atoms with van der Waals surface area (Å²) in [7, 11) is 0. The number of nitro benzene ring substituents is 1. The summed E-state index contributed by atoms with van der Waals surface area (Å²) in [6, 6.07) is 5.80. The maximum absolute atomic E-state index is 11.7. The summed E-state index contributed by atoms with van der Waals surface area (Å²) in [6.07, 6.45) is 1.19. The second-order valence-corrected chi connectivity index (χ2v) is 4.54. The summed E-state index contributed by atoms with van der Waals surface area (Å²) < 4.78 is 0. The van der Waals surface area contributed by atoms with Gasteiger partial charge in [-0.2, -0.15) is 5.10 Å². The lowest BCUT2D eigenvalue weighted by Gasteiger charge is -2.05. The first kappa shape index (κ1) is 15.2. The van der Waals surface area contributed by atoms with Gasteiger partial charge < -0.3 is 5.43 Å². The number of hydrogen-bond donors (Lipinski definition) is 3. The predicted octanol–water partition coefficient (Wildman–Crippen LogP) is 0.199. The zero-order valence-electron chi connectivity index (χ0n) is 11.4. The molecule has 1 fully saturated rings. The van der Waals surface area contributed by atoms with Crippen LogP contribution >= 0.6 is 0 Å². The van der Waals surface area contributed by atoms with Crippen molar-refractivity contribution >= 4 is 23.7 Å². The maximum Gasteiger partial charge on any atom is 0.270 e. The van der Waals surface area contributed by atoms with E-state index in [1.807, 2.05) is 0 Å². The third kappa shape index (κ3) is 3.66. The van der Waals surface area contributed by atoms with Gasteiger partial charge >= 0.3 is 0 Å². The minimum Gasteiger partial charge on any atom is -0.302 e. The van der Waals surface area contributed by atoms with Crippen molar-refractivity contribution in [3.63, 3.8) is 0 Å². The van der Waals surface area contributed by atoms with Crippen LogP contribution in [-0.4, -0.2) is 23.0 Å². The summed E-state index contributed by atoms with van der Waals surface area (Å²) in [5, 5.41) is 14.3. The summed E-state index contributed by atoms with van der Waals surface area (Å²) in [6.45, 7) is 3.62. The van der Waals surface area contributed by atoms with Gasteiger partial charge in [-0.15, -0.1) is 0 Å². The molecule has 1 saturated heterocycles. The van der Waals surface area contributed by atoms with Crippen molar-refractivity contribution < 1.29 is 14.5 Å². The Morgan fingerprint density at radius 3 is 2.91 bits per heavy atom. The smallest absolute Gasteiger partial charge is 0.270 e. The van der Waals surface area contributed by atoms with E-state index in [1.54, 1.807) is 6.07 Å². The average Bonchev–Trinajstić information content (AvgIpc) is 2.79. The monoisotopic (exact) mass is 303 g/mol. The van der Waals surface area contributed by atoms with E-state index < -0.39 is 16.7 Å². The molecule has 0 bridgehead atoms. The van der Waals surface area contributed by atoms with Crippen molar-refractivity contribution in [1.29, 1.82) is 0 Å². The molecular weight excluding hydrogens is 290 g/mol. The molecule has 1 aliphatic heterocycles. The van der Waals surface area contributed by atoms with E-state index in [9.17, 15) is 19.7 Å². The lowest BCUT2D eigenvalue weighted by Crippen LogP contribution is -2.27. The fraction of sp³-hybridized carbons (Fsp3) is 0.154. The lowest BCUT2D eigenvalue weighted by molar-refractivity contribution is -0.384. The molecule has 9 nitrogen and oxygen atoms in total. The van der Waals surface area contributed by atoms with Gasteiger partial charge in [-0.3, -0.25) is 25.1 Å². The SMILES string of the molecule is C=C1NNC(=O)C1CC(=O)NN=Cc1cccc([N+](=O)[O-])c1. The van der Waals surface area contributed by atoms with Crippen LogP contribution in [0.2, 0.25) is 0 Å². The quantitative estimate of drug-likeness (QED) is 0.407. The van der Waals surface area contributed by atoms with Crippen LogP contribution in [0.4, 0.5) is 5.69 Å². The number of hydrogen-bond acceptors (Lipinski definition) is 6. The minimum atomic E-state index is -0.645. The van der Waals surface area contributed by atoms with Crippen LogP contribution in [0.25, 0.3) is 0 Å². The lowest BCUT2D eigenvalue weighted by atomic mass is 10.0. The molecule has 0 radical (unpaired) electrons. The minimum absolute atomic E-state index is 0.0692. The van der Waals surface area contributed by atoms with Crippen molar-refractivity contribution in [3.05, 3.63) is 52.2 Å². The van der Waals surface area contributed by atoms with E-state index >= 15 is 0 Å². The molecule has 1 aromatic carbocycles. The van der Waals surface area contributed by atoms with E-state index in [4.69, 9.17) is 0 Å². The Labute approximate surface area is 125 Å². The highest BCUT2D eigenvalue weighted by Gasteiger charge is 2.29. The third-order valence-electron chi connectivity index (χ3n) is 2.96. The van der Waals surface area contributed by atoms with E-state index in [0.717, 1.165) is 0 Å². The van der Waals surface area contributed by atoms with Crippen molar-refractivity contribution in [1.82, 2.24) is 16.3 Å². The van der Waals surface area contributed by atoms with Gasteiger partial charge in [0, 0.05) is 29.8 Å². The summed E-state index contributed by atoms with van der Waals surface area (Å²) in [5.74, 6) is -1.44. The van der Waals surface area contributed by atoms with E-state index in [1.165, 1.54) is 24.4 Å². The molecule has 114 valence electrons. The van der Waals surface area contributed by atoms with Crippen LogP contribution in [0.3, 0.4) is 0 Å². The van der Waals surface area contributed by atoms with Crippen LogP contribution in [0, 0.1) is 16.0 Å². The Kier molecular flexibility index (Phi) is 4.47. The van der Waals surface area contributed by atoms with Crippen molar-refractivity contribution in [3.8, 4) is 0 Å². The van der Waals surface area contributed by atoms with Crippen LogP contribution in [0.1, 0.15) is 12.0 Å². The van der Waals surface area contributed by atoms with Crippen molar-refractivity contribution in [2.45, 2.75) is 6.42 Å². The summed E-state index contributed by atoms with van der Waals surface area (Å²) in [5.41, 5.74) is 7.98. The van der Waals surface area contributed by atoms with E-state index in [0.29, 0.717) is 11.3 Å². The maximum atomic E-state index is 11.7. The summed E-state index contributed by atoms with van der Waals surface area (Å²) >= 11 is 0. The number of non-ortho nitro benzene ring substituents is 1. The molecule has 2 rings (SSSR count). The molecule has 1 unspecified atom stereocenters. The van der Waals surface area contributed by atoms with Crippen LogP contribution < -0.4 is 16.3 Å². The highest BCUT2D eigenvalue weighted by Crippen LogP contribution is 2.15. The zero-order valence-corrected chi connectivity index (χ0v) is 11.4. The van der Waals surface area contributed by atoms with Crippen molar-refractivity contribution in [2.24, 2.45) is 11.0 Å². The fourth-order valence-electron chi connectivity index (χ4n) is 1.82. The van der Waals surface area contributed by atoms with Gasteiger partial charge in [0.05, 0.1) is 17.1 Å². The van der Waals surface area contributed by atoms with Gasteiger partial charge in [-0.1, -0.05) is 18.7 Å². The van der Waals surface area contributed by atoms with E-state index in [2.05, 4.69) is 28.0 Å². The number of hydrazine groups is 1. The van der Waals surface area contributed by atoms with E-state index in [-0.39, 0.29) is 18.0 Å². The Balaban J connectivity index is 1.90. The number of carbonyl (C=O) groups is 2. The third-order valence-corrected chi connectivity index (χ3v) is 2.96. The molecule has 1 aliphatic rings. The molecule has 0 aromatic heterocycles. The Hall–Kier alpha value is -3.23. The van der Waals surface area contributed by atoms with Crippen LogP contribution in [-0.2, 0) is 9.59 Å². The molecular formula is C13H13N5O4. The number of nitro groups is 1. The molecule has 1 heterocycles. The van der Waals surface area contributed by atoms with Gasteiger partial charge in [0.2, 0.25) is 11.8 Å². The molecule has 2 amide bonds. The molecule has 1 atom stereocenters. The normalized spacial score (nSPS) is 17.2. The number of nitrogens with zero attached hydrogens (tertiary/aromatic N) is 2. The molecule has 22 heavy (non-hydrogen) atoms. The zero-order chi connectivity index (χ0) is 16.1. The molecule has 0 saturated carbocycles. The van der Waals surface area contributed by atoms with Gasteiger partial charge in [-0.25, -0.2) is 5.43 Å². The first-order valence-corrected chi connectivity index (χ1v) is 6.28. The molecule has 3 N–H and O–H groups in total. The van der Waals surface area contributed by atoms with Crippen LogP contribution in [0.5, 0.6) is 0 Å². The Bertz CT molecular complexity index is 654. The predicted molar refractivity (Wildman–Crippen MR) is 77.4 cm³/mol. The number of rotatable bonds is 5. The number of amides is 2. The molecule has 1 aromatic rings. The fourth-order valence-corrected chi connectivity index (χ4v) is 1.82. The largest absolute Gasteiger partial charge is 0.302 e. The molecule has 0 aliphatic carbocycles. The summed E-state index contributed by atoms with van der Waals surface area (Å²) in [4.78, 5) is 33.2. The van der Waals surface area contributed by atoms with Gasteiger partial charge in [0.15, 0.2) is 0 Å². The highest BCUT2D eigenvalue weighted by atomic mass is 16.6. The molecule has 9 heteroatoms. The molecule has 0 spiro atoms. The van der Waals surface area contributed by atoms with Gasteiger partial charge in [-0.05, 0) is 0 Å². The van der Waals surface area contributed by atoms with Gasteiger partial charge in [0.25, 0.3) is 5.69 Å². The van der Waals surface area contributed by atoms with Gasteiger partial charge in [0.1, 0.15) is 0 Å². The Morgan fingerprint density at radius 1 is 1.50 bits per heavy atom. The first-order chi connectivity index (χ1) is 10.5. The van der Waals surface area contributed by atoms with Crippen molar-refractivity contribution in [2.75, 3.05) is 0 Å². The number of nitrogens with one attached hydrogen (secondary N) is 3. The second-order valence-electron chi connectivity index (χ2n) is 4.54.